The van der Waals surface area contributed by atoms with E-state index in [1.807, 2.05) is 0 Å². The highest BCUT2D eigenvalue weighted by atomic mass is 79.9. The molecule has 0 aromatic heterocycles. The van der Waals surface area contributed by atoms with E-state index < -0.39 is 15.8 Å². The summed E-state index contributed by atoms with van der Waals surface area (Å²) < 4.78 is 40.3. The summed E-state index contributed by atoms with van der Waals surface area (Å²) in [6.07, 6.45) is 0. The zero-order valence-electron chi connectivity index (χ0n) is 9.90. The van der Waals surface area contributed by atoms with Crippen molar-refractivity contribution < 1.29 is 12.8 Å². The lowest BCUT2D eigenvalue weighted by Crippen LogP contribution is -2.13. The molecule has 0 bridgehead atoms. The first-order valence-electron chi connectivity index (χ1n) is 5.32. The van der Waals surface area contributed by atoms with Crippen molar-refractivity contribution in [2.24, 2.45) is 0 Å². The molecule has 0 fully saturated rings. The van der Waals surface area contributed by atoms with Gasteiger partial charge in [0, 0.05) is 15.2 Å². The topological polar surface area (TPSA) is 72.2 Å². The van der Waals surface area contributed by atoms with Crippen LogP contribution in [0.3, 0.4) is 0 Å². The third-order valence-corrected chi connectivity index (χ3v) is 4.71. The molecule has 2 rings (SSSR count). The van der Waals surface area contributed by atoms with Crippen LogP contribution < -0.4 is 10.5 Å². The normalized spacial score (nSPS) is 11.3. The first-order chi connectivity index (χ1) is 9.28. The van der Waals surface area contributed by atoms with Crippen LogP contribution in [0.15, 0.2) is 45.8 Å². The molecule has 0 saturated carbocycles. The van der Waals surface area contributed by atoms with E-state index in [1.165, 1.54) is 24.3 Å². The van der Waals surface area contributed by atoms with E-state index in [0.717, 1.165) is 12.1 Å². The lowest BCUT2D eigenvalue weighted by atomic mass is 10.3. The SMILES string of the molecule is Nc1cc(S(=O)(=O)Nc2cc(F)cc(Cl)c2)ccc1Br. The van der Waals surface area contributed by atoms with Crippen LogP contribution in [0.2, 0.25) is 5.02 Å². The second kappa shape index (κ2) is 5.59. The smallest absolute Gasteiger partial charge is 0.261 e. The van der Waals surface area contributed by atoms with E-state index in [9.17, 15) is 12.8 Å². The van der Waals surface area contributed by atoms with Gasteiger partial charge in [-0.05, 0) is 52.3 Å². The Morgan fingerprint density at radius 2 is 1.90 bits per heavy atom. The molecule has 0 heterocycles. The van der Waals surface area contributed by atoms with E-state index in [1.54, 1.807) is 0 Å². The lowest BCUT2D eigenvalue weighted by molar-refractivity contribution is 0.601. The molecular formula is C12H9BrClFN2O2S. The molecule has 0 atom stereocenters. The van der Waals surface area contributed by atoms with Gasteiger partial charge in [-0.2, -0.15) is 0 Å². The van der Waals surface area contributed by atoms with Crippen molar-refractivity contribution in [3.8, 4) is 0 Å². The molecule has 4 nitrogen and oxygen atoms in total. The van der Waals surface area contributed by atoms with Gasteiger partial charge in [0.15, 0.2) is 0 Å². The number of halogens is 3. The maximum Gasteiger partial charge on any atom is 0.261 e. The molecule has 0 aliphatic rings. The third-order valence-electron chi connectivity index (χ3n) is 2.39. The zero-order valence-corrected chi connectivity index (χ0v) is 13.1. The summed E-state index contributed by atoms with van der Waals surface area (Å²) >= 11 is 8.84. The van der Waals surface area contributed by atoms with Crippen molar-refractivity contribution in [3.05, 3.63) is 51.7 Å². The number of sulfonamides is 1. The van der Waals surface area contributed by atoms with Crippen LogP contribution in [-0.2, 0) is 10.0 Å². The van der Waals surface area contributed by atoms with Crippen LogP contribution in [-0.4, -0.2) is 8.42 Å². The Morgan fingerprint density at radius 1 is 1.20 bits per heavy atom. The summed E-state index contributed by atoms with van der Waals surface area (Å²) in [6.45, 7) is 0. The minimum absolute atomic E-state index is 0.0291. The Bertz CT molecular complexity index is 748. The fourth-order valence-corrected chi connectivity index (χ4v) is 3.06. The summed E-state index contributed by atoms with van der Waals surface area (Å²) in [5.74, 6) is -0.634. The molecule has 2 aromatic rings. The molecule has 20 heavy (non-hydrogen) atoms. The van der Waals surface area contributed by atoms with Crippen LogP contribution in [0.4, 0.5) is 15.8 Å². The third kappa shape index (κ3) is 3.41. The van der Waals surface area contributed by atoms with Gasteiger partial charge in [-0.25, -0.2) is 12.8 Å². The number of benzene rings is 2. The molecule has 106 valence electrons. The predicted octanol–water partition coefficient (Wildman–Crippen LogP) is 3.62. The van der Waals surface area contributed by atoms with E-state index in [0.29, 0.717) is 4.47 Å². The van der Waals surface area contributed by atoms with Crippen molar-refractivity contribution in [1.29, 1.82) is 0 Å². The van der Waals surface area contributed by atoms with Gasteiger partial charge in [0.25, 0.3) is 10.0 Å². The standard InChI is InChI=1S/C12H9BrClFN2O2S/c13-11-2-1-10(6-12(11)16)20(18,19)17-9-4-7(14)3-8(15)5-9/h1-6,17H,16H2. The van der Waals surface area contributed by atoms with Gasteiger partial charge in [-0.15, -0.1) is 0 Å². The van der Waals surface area contributed by atoms with E-state index >= 15 is 0 Å². The number of hydrogen-bond acceptors (Lipinski definition) is 3. The molecular weight excluding hydrogens is 371 g/mol. The molecule has 0 saturated heterocycles. The maximum atomic E-state index is 13.2. The van der Waals surface area contributed by atoms with Crippen LogP contribution in [0, 0.1) is 5.82 Å². The summed E-state index contributed by atoms with van der Waals surface area (Å²) in [5.41, 5.74) is 5.96. The Hall–Kier alpha value is -1.31. The molecule has 8 heteroatoms. The maximum absolute atomic E-state index is 13.2. The molecule has 0 unspecified atom stereocenters. The number of hydrogen-bond donors (Lipinski definition) is 2. The summed E-state index contributed by atoms with van der Waals surface area (Å²) in [5, 5.41) is 0.0954. The van der Waals surface area contributed by atoms with Crippen LogP contribution in [0.1, 0.15) is 0 Å². The molecule has 2 aromatic carbocycles. The highest BCUT2D eigenvalue weighted by molar-refractivity contribution is 9.10. The van der Waals surface area contributed by atoms with Gasteiger partial charge < -0.3 is 5.73 Å². The number of nitrogens with two attached hydrogens (primary N) is 1. The fourth-order valence-electron chi connectivity index (χ4n) is 1.52. The van der Waals surface area contributed by atoms with Crippen molar-refractivity contribution >= 4 is 48.9 Å². The predicted molar refractivity (Wildman–Crippen MR) is 80.8 cm³/mol. The lowest BCUT2D eigenvalue weighted by Gasteiger charge is -2.09. The number of nitrogen functional groups attached to an aromatic ring is 1. The van der Waals surface area contributed by atoms with Gasteiger partial charge in [-0.3, -0.25) is 4.72 Å². The molecule has 0 aliphatic heterocycles. The highest BCUT2D eigenvalue weighted by Crippen LogP contribution is 2.25. The van der Waals surface area contributed by atoms with Gasteiger partial charge in [0.05, 0.1) is 10.6 Å². The van der Waals surface area contributed by atoms with E-state index in [-0.39, 0.29) is 21.3 Å². The highest BCUT2D eigenvalue weighted by Gasteiger charge is 2.16. The Kier molecular flexibility index (Phi) is 4.22. The molecule has 0 amide bonds. The molecule has 0 radical (unpaired) electrons. The van der Waals surface area contributed by atoms with Gasteiger partial charge in [0.2, 0.25) is 0 Å². The molecule has 0 spiro atoms. The largest absolute Gasteiger partial charge is 0.398 e. The van der Waals surface area contributed by atoms with Crippen LogP contribution in [0.5, 0.6) is 0 Å². The average molecular weight is 380 g/mol. The van der Waals surface area contributed by atoms with Crippen molar-refractivity contribution in [2.75, 3.05) is 10.5 Å². The van der Waals surface area contributed by atoms with Crippen molar-refractivity contribution in [3.63, 3.8) is 0 Å². The second-order valence-corrected chi connectivity index (χ2v) is 6.92. The van der Waals surface area contributed by atoms with Crippen molar-refractivity contribution in [2.45, 2.75) is 4.90 Å². The van der Waals surface area contributed by atoms with Crippen LogP contribution in [0.25, 0.3) is 0 Å². The van der Waals surface area contributed by atoms with Crippen molar-refractivity contribution in [1.82, 2.24) is 0 Å². The monoisotopic (exact) mass is 378 g/mol. The van der Waals surface area contributed by atoms with Crippen LogP contribution >= 0.6 is 27.5 Å². The molecule has 0 aliphatic carbocycles. The first kappa shape index (κ1) is 15.1. The zero-order chi connectivity index (χ0) is 14.9. The van der Waals surface area contributed by atoms with E-state index in [2.05, 4.69) is 20.7 Å². The summed E-state index contributed by atoms with van der Waals surface area (Å²) in [4.78, 5) is -0.0291. The van der Waals surface area contributed by atoms with Gasteiger partial charge in [0.1, 0.15) is 5.82 Å². The minimum Gasteiger partial charge on any atom is -0.398 e. The van der Waals surface area contributed by atoms with Gasteiger partial charge in [-0.1, -0.05) is 11.6 Å². The Morgan fingerprint density at radius 3 is 2.50 bits per heavy atom. The number of anilines is 2. The average Bonchev–Trinajstić information content (AvgIpc) is 2.30. The first-order valence-corrected chi connectivity index (χ1v) is 7.97. The summed E-state index contributed by atoms with van der Waals surface area (Å²) in [6, 6.07) is 7.62. The molecule has 3 N–H and O–H groups in total. The number of rotatable bonds is 3. The Labute approximate surface area is 128 Å². The quantitative estimate of drug-likeness (QED) is 0.800. The fraction of sp³-hybridized carbons (Fsp3) is 0. The second-order valence-electron chi connectivity index (χ2n) is 3.95. The van der Waals surface area contributed by atoms with Gasteiger partial charge >= 0.3 is 0 Å². The number of nitrogens with one attached hydrogen (secondary N) is 1. The summed E-state index contributed by atoms with van der Waals surface area (Å²) in [7, 11) is -3.86. The minimum atomic E-state index is -3.86. The van der Waals surface area contributed by atoms with E-state index in [4.69, 9.17) is 17.3 Å². The Balaban J connectivity index is 2.37.